The fourth-order valence-corrected chi connectivity index (χ4v) is 3.33. The van der Waals surface area contributed by atoms with Crippen LogP contribution in [0.2, 0.25) is 0 Å². The molecule has 0 aliphatic carbocycles. The van der Waals surface area contributed by atoms with E-state index < -0.39 is 0 Å². The number of carbonyl (C=O) groups is 1. The molecular weight excluding hydrogens is 332 g/mol. The van der Waals surface area contributed by atoms with Crippen LogP contribution in [-0.2, 0) is 11.2 Å². The molecule has 0 fully saturated rings. The Hall–Kier alpha value is -1.57. The minimum absolute atomic E-state index is 0.116. The van der Waals surface area contributed by atoms with E-state index in [1.807, 2.05) is 30.3 Å². The second-order valence-electron chi connectivity index (χ2n) is 7.60. The molecule has 1 rings (SSSR count). The van der Waals surface area contributed by atoms with Crippen molar-refractivity contribution in [1.29, 1.82) is 0 Å². The largest absolute Gasteiger partial charge is 0.427 e. The molecule has 0 spiro atoms. The first kappa shape index (κ1) is 23.5. The van der Waals surface area contributed by atoms with Crippen LogP contribution < -0.4 is 4.74 Å². The van der Waals surface area contributed by atoms with Gasteiger partial charge in [-0.15, -0.1) is 6.58 Å². The van der Waals surface area contributed by atoms with E-state index in [4.69, 9.17) is 4.74 Å². The van der Waals surface area contributed by atoms with Crippen molar-refractivity contribution in [2.24, 2.45) is 0 Å². The van der Waals surface area contributed by atoms with Crippen LogP contribution in [0, 0.1) is 0 Å². The smallest absolute Gasteiger partial charge is 0.311 e. The number of carbonyl (C=O) groups excluding carboxylic acids is 1. The third kappa shape index (κ3) is 13.3. The second kappa shape index (κ2) is 16.6. The minimum atomic E-state index is -0.116. The number of ether oxygens (including phenoxy) is 1. The molecule has 0 atom stereocenters. The molecule has 1 aromatic rings. The van der Waals surface area contributed by atoms with Crippen LogP contribution in [-0.4, -0.2) is 5.97 Å². The summed E-state index contributed by atoms with van der Waals surface area (Å²) in [6.45, 7) is 6.00. The number of hydrogen-bond acceptors (Lipinski definition) is 2. The molecule has 0 aliphatic rings. The third-order valence-electron chi connectivity index (χ3n) is 5.02. The SMILES string of the molecule is C=CCc1ccc(OC(=O)CCCCCCCCCCCCCCC)cc1. The Morgan fingerprint density at radius 2 is 1.30 bits per heavy atom. The summed E-state index contributed by atoms with van der Waals surface area (Å²) in [5, 5.41) is 0. The summed E-state index contributed by atoms with van der Waals surface area (Å²) in [6.07, 6.45) is 20.3. The highest BCUT2D eigenvalue weighted by Gasteiger charge is 2.04. The van der Waals surface area contributed by atoms with Gasteiger partial charge in [0.05, 0.1) is 0 Å². The van der Waals surface area contributed by atoms with Gasteiger partial charge in [-0.1, -0.05) is 102 Å². The van der Waals surface area contributed by atoms with Crippen LogP contribution in [0.5, 0.6) is 5.75 Å². The first-order chi connectivity index (χ1) is 13.3. The van der Waals surface area contributed by atoms with Gasteiger partial charge < -0.3 is 4.74 Å². The second-order valence-corrected chi connectivity index (χ2v) is 7.60. The molecule has 0 bridgehead atoms. The molecular formula is C25H40O2. The van der Waals surface area contributed by atoms with Gasteiger partial charge in [-0.25, -0.2) is 0 Å². The van der Waals surface area contributed by atoms with Gasteiger partial charge in [0.1, 0.15) is 5.75 Å². The summed E-state index contributed by atoms with van der Waals surface area (Å²) in [5.74, 6) is 0.525. The van der Waals surface area contributed by atoms with Crippen molar-refractivity contribution in [2.75, 3.05) is 0 Å². The maximum Gasteiger partial charge on any atom is 0.311 e. The Kier molecular flexibility index (Phi) is 14.4. The molecule has 0 N–H and O–H groups in total. The molecule has 0 saturated heterocycles. The molecule has 1 aromatic carbocycles. The summed E-state index contributed by atoms with van der Waals surface area (Å²) < 4.78 is 5.39. The van der Waals surface area contributed by atoms with Crippen molar-refractivity contribution in [1.82, 2.24) is 0 Å². The average Bonchev–Trinajstić information content (AvgIpc) is 2.67. The molecule has 0 radical (unpaired) electrons. The van der Waals surface area contributed by atoms with Gasteiger partial charge in [0, 0.05) is 6.42 Å². The van der Waals surface area contributed by atoms with Crippen LogP contribution >= 0.6 is 0 Å². The minimum Gasteiger partial charge on any atom is -0.427 e. The fourth-order valence-electron chi connectivity index (χ4n) is 3.33. The quantitative estimate of drug-likeness (QED) is 0.121. The van der Waals surface area contributed by atoms with Crippen LogP contribution in [0.3, 0.4) is 0 Å². The van der Waals surface area contributed by atoms with Gasteiger partial charge in [-0.05, 0) is 30.5 Å². The van der Waals surface area contributed by atoms with E-state index in [1.165, 1.54) is 76.2 Å². The van der Waals surface area contributed by atoms with E-state index in [0.29, 0.717) is 12.2 Å². The number of benzene rings is 1. The molecule has 2 nitrogen and oxygen atoms in total. The maximum absolute atomic E-state index is 11.9. The number of rotatable bonds is 17. The first-order valence-electron chi connectivity index (χ1n) is 11.2. The molecule has 0 saturated carbocycles. The Balaban J connectivity index is 1.91. The zero-order valence-electron chi connectivity index (χ0n) is 17.5. The summed E-state index contributed by atoms with van der Waals surface area (Å²) in [7, 11) is 0. The van der Waals surface area contributed by atoms with Crippen molar-refractivity contribution in [2.45, 2.75) is 103 Å². The van der Waals surface area contributed by atoms with Gasteiger partial charge >= 0.3 is 5.97 Å². The lowest BCUT2D eigenvalue weighted by atomic mass is 10.0. The van der Waals surface area contributed by atoms with E-state index in [1.54, 1.807) is 0 Å². The summed E-state index contributed by atoms with van der Waals surface area (Å²) in [5.41, 5.74) is 1.18. The third-order valence-corrected chi connectivity index (χ3v) is 5.02. The van der Waals surface area contributed by atoms with E-state index in [0.717, 1.165) is 19.3 Å². The predicted octanol–water partition coefficient (Wildman–Crippen LogP) is 7.80. The Morgan fingerprint density at radius 1 is 0.815 bits per heavy atom. The van der Waals surface area contributed by atoms with E-state index >= 15 is 0 Å². The van der Waals surface area contributed by atoms with Crippen molar-refractivity contribution in [3.8, 4) is 5.75 Å². The lowest BCUT2D eigenvalue weighted by Crippen LogP contribution is -2.07. The number of esters is 1. The molecule has 0 heterocycles. The van der Waals surface area contributed by atoms with E-state index in [2.05, 4.69) is 13.5 Å². The fraction of sp³-hybridized carbons (Fsp3) is 0.640. The molecule has 0 aromatic heterocycles. The Labute approximate surface area is 167 Å². The van der Waals surface area contributed by atoms with Crippen LogP contribution in [0.4, 0.5) is 0 Å². The zero-order valence-corrected chi connectivity index (χ0v) is 17.5. The summed E-state index contributed by atoms with van der Waals surface area (Å²) >= 11 is 0. The van der Waals surface area contributed by atoms with Crippen LogP contribution in [0.25, 0.3) is 0 Å². The van der Waals surface area contributed by atoms with Crippen molar-refractivity contribution >= 4 is 5.97 Å². The topological polar surface area (TPSA) is 26.3 Å². The monoisotopic (exact) mass is 372 g/mol. The van der Waals surface area contributed by atoms with Gasteiger partial charge in [0.15, 0.2) is 0 Å². The Morgan fingerprint density at radius 3 is 1.78 bits per heavy atom. The molecule has 27 heavy (non-hydrogen) atoms. The zero-order chi connectivity index (χ0) is 19.6. The normalized spacial score (nSPS) is 10.7. The molecule has 0 amide bonds. The number of unbranched alkanes of at least 4 members (excludes halogenated alkanes) is 12. The number of allylic oxidation sites excluding steroid dienone is 1. The van der Waals surface area contributed by atoms with Crippen LogP contribution in [0.1, 0.15) is 102 Å². The molecule has 152 valence electrons. The number of hydrogen-bond donors (Lipinski definition) is 0. The highest BCUT2D eigenvalue weighted by Crippen LogP contribution is 2.15. The molecule has 0 unspecified atom stereocenters. The highest BCUT2D eigenvalue weighted by molar-refractivity contribution is 5.72. The average molecular weight is 373 g/mol. The van der Waals surface area contributed by atoms with E-state index in [-0.39, 0.29) is 5.97 Å². The Bertz CT molecular complexity index is 490. The van der Waals surface area contributed by atoms with Gasteiger partial charge in [0.2, 0.25) is 0 Å². The van der Waals surface area contributed by atoms with E-state index in [9.17, 15) is 4.79 Å². The highest BCUT2D eigenvalue weighted by atomic mass is 16.5. The van der Waals surface area contributed by atoms with Crippen molar-refractivity contribution < 1.29 is 9.53 Å². The summed E-state index contributed by atoms with van der Waals surface area (Å²) in [4.78, 5) is 11.9. The van der Waals surface area contributed by atoms with Gasteiger partial charge in [-0.3, -0.25) is 4.79 Å². The van der Waals surface area contributed by atoms with Gasteiger partial charge in [0.25, 0.3) is 0 Å². The standard InChI is InChI=1S/C25H40O2/c1-3-5-6-7-8-9-10-11-12-13-14-15-16-18-25(26)27-24-21-19-23(17-4-2)20-22-24/h4,19-22H,2-3,5-18H2,1H3. The maximum atomic E-state index is 11.9. The van der Waals surface area contributed by atoms with Crippen LogP contribution in [0.15, 0.2) is 36.9 Å². The first-order valence-corrected chi connectivity index (χ1v) is 11.2. The lowest BCUT2D eigenvalue weighted by molar-refractivity contribution is -0.134. The predicted molar refractivity (Wildman–Crippen MR) is 116 cm³/mol. The van der Waals surface area contributed by atoms with Crippen molar-refractivity contribution in [3.63, 3.8) is 0 Å². The molecule has 0 aliphatic heterocycles. The summed E-state index contributed by atoms with van der Waals surface area (Å²) in [6, 6.07) is 7.69. The lowest BCUT2D eigenvalue weighted by Gasteiger charge is -2.05. The molecule has 2 heteroatoms. The van der Waals surface area contributed by atoms with Crippen molar-refractivity contribution in [3.05, 3.63) is 42.5 Å². The van der Waals surface area contributed by atoms with Gasteiger partial charge in [-0.2, -0.15) is 0 Å².